The van der Waals surface area contributed by atoms with Crippen LogP contribution in [0.2, 0.25) is 0 Å². The lowest BCUT2D eigenvalue weighted by Gasteiger charge is -2.30. The standard InChI is InChI=1S/C20H20N2O5S2/c1-26-19(23)14-6-8-16(9-7-14)29(24,25)22-12-10-15(11-13-22)27-20-21-17-4-2-3-5-18(17)28-20/h2-9,15H,10-13H2,1H3. The third-order valence-corrected chi connectivity index (χ3v) is 7.70. The van der Waals surface area contributed by atoms with Crippen molar-refractivity contribution in [2.75, 3.05) is 20.2 Å². The minimum absolute atomic E-state index is 0.0660. The quantitative estimate of drug-likeness (QED) is 0.575. The Morgan fingerprint density at radius 2 is 1.79 bits per heavy atom. The van der Waals surface area contributed by atoms with Crippen molar-refractivity contribution in [1.82, 2.24) is 9.29 Å². The molecule has 152 valence electrons. The molecule has 9 heteroatoms. The Kier molecular flexibility index (Phi) is 5.53. The van der Waals surface area contributed by atoms with Crippen molar-refractivity contribution in [3.8, 4) is 5.19 Å². The molecule has 0 bridgehead atoms. The zero-order chi connectivity index (χ0) is 20.4. The van der Waals surface area contributed by atoms with E-state index in [2.05, 4.69) is 9.72 Å². The molecule has 0 atom stereocenters. The average Bonchev–Trinajstić information content (AvgIpc) is 3.16. The lowest BCUT2D eigenvalue weighted by atomic mass is 10.1. The number of rotatable bonds is 5. The number of sulfonamides is 1. The predicted molar refractivity (Wildman–Crippen MR) is 110 cm³/mol. The molecule has 2 aromatic carbocycles. The summed E-state index contributed by atoms with van der Waals surface area (Å²) in [6.07, 6.45) is 1.12. The smallest absolute Gasteiger partial charge is 0.337 e. The van der Waals surface area contributed by atoms with E-state index in [0.29, 0.717) is 36.7 Å². The molecule has 2 heterocycles. The van der Waals surface area contributed by atoms with Gasteiger partial charge in [-0.05, 0) is 49.2 Å². The van der Waals surface area contributed by atoms with Crippen LogP contribution in [0.5, 0.6) is 5.19 Å². The summed E-state index contributed by atoms with van der Waals surface area (Å²) in [7, 11) is -2.33. The summed E-state index contributed by atoms with van der Waals surface area (Å²) >= 11 is 1.50. The van der Waals surface area contributed by atoms with Gasteiger partial charge in [0.05, 0.1) is 27.8 Å². The predicted octanol–water partition coefficient (Wildman–Crippen LogP) is 3.32. The van der Waals surface area contributed by atoms with Crippen LogP contribution < -0.4 is 4.74 Å². The van der Waals surface area contributed by atoms with E-state index in [1.165, 1.54) is 47.0 Å². The summed E-state index contributed by atoms with van der Waals surface area (Å²) in [5.74, 6) is -0.498. The number of carbonyl (C=O) groups excluding carboxylic acids is 1. The fourth-order valence-corrected chi connectivity index (χ4v) is 5.62. The van der Waals surface area contributed by atoms with Crippen molar-refractivity contribution >= 4 is 37.5 Å². The summed E-state index contributed by atoms with van der Waals surface area (Å²) in [6, 6.07) is 13.6. The van der Waals surface area contributed by atoms with Gasteiger partial charge in [0, 0.05) is 13.1 Å². The van der Waals surface area contributed by atoms with Crippen molar-refractivity contribution < 1.29 is 22.7 Å². The molecular formula is C20H20N2O5S2. The zero-order valence-electron chi connectivity index (χ0n) is 15.8. The summed E-state index contributed by atoms with van der Waals surface area (Å²) in [5, 5.41) is 0.617. The third kappa shape index (κ3) is 4.12. The Morgan fingerprint density at radius 3 is 2.45 bits per heavy atom. The molecule has 0 radical (unpaired) electrons. The monoisotopic (exact) mass is 432 g/mol. The first-order chi connectivity index (χ1) is 14.0. The Bertz CT molecular complexity index is 1080. The molecule has 0 N–H and O–H groups in total. The maximum atomic E-state index is 12.9. The van der Waals surface area contributed by atoms with E-state index >= 15 is 0 Å². The largest absolute Gasteiger partial charge is 0.467 e. The van der Waals surface area contributed by atoms with Crippen LogP contribution in [0.4, 0.5) is 0 Å². The number of benzene rings is 2. The molecule has 1 fully saturated rings. The van der Waals surface area contributed by atoms with E-state index in [-0.39, 0.29) is 11.0 Å². The molecule has 0 saturated carbocycles. The lowest BCUT2D eigenvalue weighted by molar-refractivity contribution is 0.0600. The average molecular weight is 433 g/mol. The van der Waals surface area contributed by atoms with Crippen LogP contribution in [-0.2, 0) is 14.8 Å². The maximum Gasteiger partial charge on any atom is 0.337 e. The first-order valence-corrected chi connectivity index (χ1v) is 11.4. The van der Waals surface area contributed by atoms with Gasteiger partial charge in [-0.1, -0.05) is 23.5 Å². The topological polar surface area (TPSA) is 85.8 Å². The Morgan fingerprint density at radius 1 is 1.10 bits per heavy atom. The van der Waals surface area contributed by atoms with Crippen LogP contribution in [0.15, 0.2) is 53.4 Å². The highest BCUT2D eigenvalue weighted by molar-refractivity contribution is 7.89. The van der Waals surface area contributed by atoms with Gasteiger partial charge in [-0.25, -0.2) is 18.2 Å². The summed E-state index contributed by atoms with van der Waals surface area (Å²) in [6.45, 7) is 0.743. The van der Waals surface area contributed by atoms with Crippen molar-refractivity contribution in [3.63, 3.8) is 0 Å². The number of methoxy groups -OCH3 is 1. The van der Waals surface area contributed by atoms with E-state index in [4.69, 9.17) is 4.74 Å². The maximum absolute atomic E-state index is 12.9. The van der Waals surface area contributed by atoms with E-state index in [0.717, 1.165) is 10.2 Å². The SMILES string of the molecule is COC(=O)c1ccc(S(=O)(=O)N2CCC(Oc3nc4ccccc4s3)CC2)cc1. The zero-order valence-corrected chi connectivity index (χ0v) is 17.4. The van der Waals surface area contributed by atoms with Crippen molar-refractivity contribution in [2.45, 2.75) is 23.8 Å². The highest BCUT2D eigenvalue weighted by Gasteiger charge is 2.30. The lowest BCUT2D eigenvalue weighted by Crippen LogP contribution is -2.41. The van der Waals surface area contributed by atoms with Gasteiger partial charge >= 0.3 is 5.97 Å². The number of hydrogen-bond acceptors (Lipinski definition) is 7. The Balaban J connectivity index is 1.39. The number of thiazole rings is 1. The number of piperidine rings is 1. The van der Waals surface area contributed by atoms with E-state index in [9.17, 15) is 13.2 Å². The normalized spacial score (nSPS) is 16.0. The number of ether oxygens (including phenoxy) is 2. The number of hydrogen-bond donors (Lipinski definition) is 0. The molecule has 3 aromatic rings. The van der Waals surface area contributed by atoms with E-state index in [1.807, 2.05) is 24.3 Å². The summed E-state index contributed by atoms with van der Waals surface area (Å²) in [5.41, 5.74) is 1.22. The van der Waals surface area contributed by atoms with Crippen LogP contribution in [0.25, 0.3) is 10.2 Å². The first-order valence-electron chi connectivity index (χ1n) is 9.18. The minimum Gasteiger partial charge on any atom is -0.467 e. The van der Waals surface area contributed by atoms with Gasteiger partial charge in [-0.3, -0.25) is 0 Å². The van der Waals surface area contributed by atoms with E-state index < -0.39 is 16.0 Å². The highest BCUT2D eigenvalue weighted by Crippen LogP contribution is 2.30. The molecule has 0 spiro atoms. The van der Waals surface area contributed by atoms with Gasteiger partial charge < -0.3 is 9.47 Å². The molecule has 0 aliphatic carbocycles. The Hall–Kier alpha value is -2.49. The third-order valence-electron chi connectivity index (χ3n) is 4.86. The molecule has 0 amide bonds. The minimum atomic E-state index is -3.62. The fourth-order valence-electron chi connectivity index (χ4n) is 3.26. The molecule has 7 nitrogen and oxygen atoms in total. The van der Waals surface area contributed by atoms with Crippen molar-refractivity contribution in [2.24, 2.45) is 0 Å². The fraction of sp³-hybridized carbons (Fsp3) is 0.300. The molecule has 1 aliphatic rings. The molecule has 0 unspecified atom stereocenters. The van der Waals surface area contributed by atoms with Gasteiger partial charge in [0.15, 0.2) is 0 Å². The van der Waals surface area contributed by atoms with Crippen molar-refractivity contribution in [3.05, 3.63) is 54.1 Å². The molecule has 1 saturated heterocycles. The summed E-state index contributed by atoms with van der Waals surface area (Å²) in [4.78, 5) is 16.2. The van der Waals surface area contributed by atoms with E-state index in [1.54, 1.807) is 0 Å². The number of fused-ring (bicyclic) bond motifs is 1. The highest BCUT2D eigenvalue weighted by atomic mass is 32.2. The second-order valence-electron chi connectivity index (χ2n) is 6.68. The molecule has 4 rings (SSSR count). The van der Waals surface area contributed by atoms with Gasteiger partial charge in [0.25, 0.3) is 5.19 Å². The van der Waals surface area contributed by atoms with Crippen LogP contribution in [-0.4, -0.2) is 50.0 Å². The summed E-state index contributed by atoms with van der Waals surface area (Å²) < 4.78 is 38.9. The molecule has 29 heavy (non-hydrogen) atoms. The second-order valence-corrected chi connectivity index (χ2v) is 9.62. The second kappa shape index (κ2) is 8.10. The number of para-hydroxylation sites is 1. The molecule has 1 aromatic heterocycles. The number of aromatic nitrogens is 1. The molecular weight excluding hydrogens is 412 g/mol. The Labute approximate surface area is 172 Å². The van der Waals surface area contributed by atoms with Gasteiger partial charge in [0.2, 0.25) is 10.0 Å². The number of carbonyl (C=O) groups is 1. The first kappa shape index (κ1) is 19.8. The van der Waals surface area contributed by atoms with Crippen molar-refractivity contribution in [1.29, 1.82) is 0 Å². The van der Waals surface area contributed by atoms with Gasteiger partial charge in [-0.15, -0.1) is 0 Å². The van der Waals surface area contributed by atoms with Gasteiger partial charge in [-0.2, -0.15) is 4.31 Å². The van der Waals surface area contributed by atoms with Crippen LogP contribution in [0.1, 0.15) is 23.2 Å². The van der Waals surface area contributed by atoms with Crippen LogP contribution in [0.3, 0.4) is 0 Å². The van der Waals surface area contributed by atoms with Gasteiger partial charge in [0.1, 0.15) is 6.10 Å². The number of esters is 1. The number of nitrogens with zero attached hydrogens (tertiary/aromatic N) is 2. The van der Waals surface area contributed by atoms with Crippen LogP contribution in [0, 0.1) is 0 Å². The van der Waals surface area contributed by atoms with Crippen LogP contribution >= 0.6 is 11.3 Å². The molecule has 1 aliphatic heterocycles.